The number of anilines is 1. The quantitative estimate of drug-likeness (QED) is 0.590. The summed E-state index contributed by atoms with van der Waals surface area (Å²) in [6.07, 6.45) is 3.24. The van der Waals surface area contributed by atoms with Gasteiger partial charge in [-0.05, 0) is 38.0 Å². The molecule has 0 aliphatic rings. The second-order valence-electron chi connectivity index (χ2n) is 6.30. The Bertz CT molecular complexity index is 1060. The molecule has 146 valence electrons. The fraction of sp³-hybridized carbons (Fsp3) is 0.250. The molecule has 0 radical (unpaired) electrons. The third-order valence-corrected chi connectivity index (χ3v) is 4.89. The Morgan fingerprint density at radius 3 is 2.89 bits per heavy atom. The molecule has 2 amide bonds. The first kappa shape index (κ1) is 19.6. The summed E-state index contributed by atoms with van der Waals surface area (Å²) in [5.74, 6) is -0.125. The van der Waals surface area contributed by atoms with Gasteiger partial charge in [-0.25, -0.2) is 4.98 Å². The van der Waals surface area contributed by atoms with Crippen LogP contribution in [0.25, 0.3) is 16.5 Å². The first-order valence-electron chi connectivity index (χ1n) is 8.74. The lowest BCUT2D eigenvalue weighted by Crippen LogP contribution is -2.14. The summed E-state index contributed by atoms with van der Waals surface area (Å²) in [5, 5.41) is 5.79. The number of hydrogen-bond donors (Lipinski definition) is 2. The average molecular weight is 399 g/mol. The van der Waals surface area contributed by atoms with E-state index in [1.807, 2.05) is 32.9 Å². The molecule has 0 saturated carbocycles. The van der Waals surface area contributed by atoms with Gasteiger partial charge in [0.15, 0.2) is 5.13 Å². The fourth-order valence-corrected chi connectivity index (χ4v) is 3.52. The van der Waals surface area contributed by atoms with Gasteiger partial charge in [-0.3, -0.25) is 14.9 Å². The minimum Gasteiger partial charge on any atom is -0.493 e. The van der Waals surface area contributed by atoms with E-state index in [-0.39, 0.29) is 12.3 Å². The van der Waals surface area contributed by atoms with Gasteiger partial charge in [-0.15, -0.1) is 11.3 Å². The number of carbonyl (C=O) groups excluding carboxylic acids is 2. The molecular weight excluding hydrogens is 378 g/mol. The molecule has 0 bridgehead atoms. The first-order chi connectivity index (χ1) is 13.4. The normalized spacial score (nSPS) is 11.6. The average Bonchev–Trinajstić information content (AvgIpc) is 3.20. The van der Waals surface area contributed by atoms with Crippen LogP contribution in [0.3, 0.4) is 0 Å². The van der Waals surface area contributed by atoms with Crippen molar-refractivity contribution in [2.75, 3.05) is 11.9 Å². The molecular formula is C20H21N3O4S. The molecule has 0 saturated heterocycles. The largest absolute Gasteiger partial charge is 0.493 e. The molecule has 0 aliphatic heterocycles. The maximum Gasteiger partial charge on any atom is 0.250 e. The molecule has 2 aromatic heterocycles. The van der Waals surface area contributed by atoms with Crippen molar-refractivity contribution in [3.05, 3.63) is 46.7 Å². The second kappa shape index (κ2) is 8.26. The molecule has 1 aromatic carbocycles. The number of rotatable bonds is 7. The van der Waals surface area contributed by atoms with E-state index in [0.29, 0.717) is 23.2 Å². The summed E-state index contributed by atoms with van der Waals surface area (Å²) < 4.78 is 11.3. The summed E-state index contributed by atoms with van der Waals surface area (Å²) in [7, 11) is 0. The first-order valence-corrected chi connectivity index (χ1v) is 9.62. The number of aromatic nitrogens is 1. The Kier molecular flexibility index (Phi) is 5.79. The minimum atomic E-state index is -0.465. The van der Waals surface area contributed by atoms with Crippen LogP contribution in [0.5, 0.6) is 5.75 Å². The van der Waals surface area contributed by atoms with Gasteiger partial charge in [0.25, 0.3) is 0 Å². The van der Waals surface area contributed by atoms with Crippen molar-refractivity contribution in [2.45, 2.75) is 27.2 Å². The van der Waals surface area contributed by atoms with E-state index in [0.717, 1.165) is 27.7 Å². The van der Waals surface area contributed by atoms with Crippen LogP contribution in [-0.2, 0) is 16.0 Å². The summed E-state index contributed by atoms with van der Waals surface area (Å²) in [6.45, 7) is 6.21. The zero-order chi connectivity index (χ0) is 20.3. The number of nitrogens with two attached hydrogens (primary N) is 1. The molecule has 28 heavy (non-hydrogen) atoms. The van der Waals surface area contributed by atoms with E-state index in [4.69, 9.17) is 14.9 Å². The van der Waals surface area contributed by atoms with Gasteiger partial charge < -0.3 is 14.9 Å². The Morgan fingerprint density at radius 1 is 1.39 bits per heavy atom. The van der Waals surface area contributed by atoms with Crippen molar-refractivity contribution in [1.29, 1.82) is 0 Å². The van der Waals surface area contributed by atoms with Gasteiger partial charge in [0.1, 0.15) is 11.3 Å². The van der Waals surface area contributed by atoms with Crippen LogP contribution in [0.15, 0.2) is 34.3 Å². The Balaban J connectivity index is 1.84. The number of amides is 2. The van der Waals surface area contributed by atoms with Gasteiger partial charge >= 0.3 is 0 Å². The fourth-order valence-electron chi connectivity index (χ4n) is 2.81. The van der Waals surface area contributed by atoms with Crippen molar-refractivity contribution >= 4 is 44.8 Å². The second-order valence-corrected chi connectivity index (χ2v) is 7.16. The number of furan rings is 1. The SMILES string of the molecule is CCOc1cc2occ(C)c2cc1/C(C)=C/C(=O)Nc1nc(CC(N)=O)cs1. The number of carbonyl (C=O) groups is 2. The maximum atomic E-state index is 12.4. The summed E-state index contributed by atoms with van der Waals surface area (Å²) in [5.41, 5.74) is 9.02. The third kappa shape index (κ3) is 4.40. The smallest absolute Gasteiger partial charge is 0.250 e. The Labute approximate surface area is 166 Å². The predicted octanol–water partition coefficient (Wildman–Crippen LogP) is 3.67. The molecule has 0 unspecified atom stereocenters. The van der Waals surface area contributed by atoms with E-state index in [1.165, 1.54) is 17.4 Å². The van der Waals surface area contributed by atoms with Crippen LogP contribution >= 0.6 is 11.3 Å². The number of ether oxygens (including phenoxy) is 1. The number of fused-ring (bicyclic) bond motifs is 1. The van der Waals surface area contributed by atoms with Crippen LogP contribution in [-0.4, -0.2) is 23.4 Å². The highest BCUT2D eigenvalue weighted by Crippen LogP contribution is 2.33. The molecule has 3 aromatic rings. The standard InChI is InChI=1S/C20H21N3O4S/c1-4-26-16-8-17-15(12(3)9-27-17)7-14(16)11(2)5-19(25)23-20-22-13(10-28-20)6-18(21)24/h5,7-10H,4,6H2,1-3H3,(H2,21,24)(H,22,23,25)/b11-5+. The van der Waals surface area contributed by atoms with E-state index in [2.05, 4.69) is 10.3 Å². The van der Waals surface area contributed by atoms with Crippen LogP contribution < -0.4 is 15.8 Å². The lowest BCUT2D eigenvalue weighted by Gasteiger charge is -2.11. The van der Waals surface area contributed by atoms with Gasteiger partial charge in [0, 0.05) is 28.5 Å². The zero-order valence-electron chi connectivity index (χ0n) is 15.9. The molecule has 0 fully saturated rings. The van der Waals surface area contributed by atoms with Crippen LogP contribution in [0.4, 0.5) is 5.13 Å². The monoisotopic (exact) mass is 399 g/mol. The topological polar surface area (TPSA) is 107 Å². The summed E-state index contributed by atoms with van der Waals surface area (Å²) >= 11 is 1.24. The molecule has 2 heterocycles. The molecule has 0 aliphatic carbocycles. The summed E-state index contributed by atoms with van der Waals surface area (Å²) in [6, 6.07) is 3.81. The van der Waals surface area contributed by atoms with Crippen molar-refractivity contribution in [2.24, 2.45) is 5.73 Å². The predicted molar refractivity (Wildman–Crippen MR) is 109 cm³/mol. The molecule has 0 atom stereocenters. The van der Waals surface area contributed by atoms with Crippen LogP contribution in [0.1, 0.15) is 30.7 Å². The van der Waals surface area contributed by atoms with E-state index >= 15 is 0 Å². The molecule has 8 heteroatoms. The number of benzene rings is 1. The Morgan fingerprint density at radius 2 is 2.18 bits per heavy atom. The number of nitrogens with one attached hydrogen (secondary N) is 1. The Hall–Kier alpha value is -3.13. The number of aryl methyl sites for hydroxylation is 1. The van der Waals surface area contributed by atoms with Crippen molar-refractivity contribution in [3.8, 4) is 5.75 Å². The van der Waals surface area contributed by atoms with Crippen molar-refractivity contribution in [1.82, 2.24) is 4.98 Å². The van der Waals surface area contributed by atoms with Gasteiger partial charge in [0.2, 0.25) is 11.8 Å². The van der Waals surface area contributed by atoms with Crippen LogP contribution in [0.2, 0.25) is 0 Å². The molecule has 7 nitrogen and oxygen atoms in total. The van der Waals surface area contributed by atoms with E-state index < -0.39 is 5.91 Å². The van der Waals surface area contributed by atoms with Crippen LogP contribution in [0, 0.1) is 6.92 Å². The zero-order valence-corrected chi connectivity index (χ0v) is 16.7. The van der Waals surface area contributed by atoms with Crippen molar-refractivity contribution < 1.29 is 18.7 Å². The highest BCUT2D eigenvalue weighted by atomic mass is 32.1. The van der Waals surface area contributed by atoms with E-state index in [9.17, 15) is 9.59 Å². The lowest BCUT2D eigenvalue weighted by molar-refractivity contribution is -0.117. The molecule has 0 spiro atoms. The minimum absolute atomic E-state index is 0.0447. The summed E-state index contributed by atoms with van der Waals surface area (Å²) in [4.78, 5) is 27.5. The number of primary amides is 1. The highest BCUT2D eigenvalue weighted by Gasteiger charge is 2.13. The number of thiazole rings is 1. The van der Waals surface area contributed by atoms with Crippen molar-refractivity contribution in [3.63, 3.8) is 0 Å². The molecule has 3 rings (SSSR count). The van der Waals surface area contributed by atoms with E-state index in [1.54, 1.807) is 11.6 Å². The molecule has 3 N–H and O–H groups in total. The lowest BCUT2D eigenvalue weighted by atomic mass is 10.0. The third-order valence-electron chi connectivity index (χ3n) is 4.08. The van der Waals surface area contributed by atoms with Gasteiger partial charge in [-0.2, -0.15) is 0 Å². The highest BCUT2D eigenvalue weighted by molar-refractivity contribution is 7.14. The maximum absolute atomic E-state index is 12.4. The number of hydrogen-bond acceptors (Lipinski definition) is 6. The number of allylic oxidation sites excluding steroid dienone is 1. The van der Waals surface area contributed by atoms with Gasteiger partial charge in [-0.1, -0.05) is 0 Å². The van der Waals surface area contributed by atoms with Gasteiger partial charge in [0.05, 0.1) is 25.0 Å². The number of nitrogens with zero attached hydrogens (tertiary/aromatic N) is 1.